The molecule has 7 nitrogen and oxygen atoms in total. The second-order valence-corrected chi connectivity index (χ2v) is 9.64. The van der Waals surface area contributed by atoms with Gasteiger partial charge < -0.3 is 15.3 Å². The molecule has 1 rings (SSSR count). The molecule has 2 N–H and O–H groups in total. The minimum absolute atomic E-state index is 0.0269. The third-order valence-corrected chi connectivity index (χ3v) is 5.71. The van der Waals surface area contributed by atoms with Crippen LogP contribution >= 0.6 is 0 Å². The molecule has 2 amide bonds. The first-order valence-corrected chi connectivity index (χ1v) is 10.5. The highest BCUT2D eigenvalue weighted by Gasteiger charge is 2.39. The number of nitrogens with zero attached hydrogens (tertiary/aromatic N) is 2. The van der Waals surface area contributed by atoms with Crippen molar-refractivity contribution < 1.29 is 19.5 Å². The normalized spacial score (nSPS) is 20.9. The summed E-state index contributed by atoms with van der Waals surface area (Å²) in [5.74, 6) is -1.30. The molecule has 0 bridgehead atoms. The number of likely N-dealkylation sites (tertiary alicyclic amines) is 1. The topological polar surface area (TPSA) is 90.0 Å². The second-order valence-electron chi connectivity index (χ2n) is 9.64. The molecule has 29 heavy (non-hydrogen) atoms. The van der Waals surface area contributed by atoms with Crippen LogP contribution in [0.4, 0.5) is 0 Å². The summed E-state index contributed by atoms with van der Waals surface area (Å²) in [4.78, 5) is 41.2. The second kappa shape index (κ2) is 10.2. The largest absolute Gasteiger partial charge is 0.478 e. The van der Waals surface area contributed by atoms with Gasteiger partial charge in [0, 0.05) is 12.6 Å². The summed E-state index contributed by atoms with van der Waals surface area (Å²) in [7, 11) is 3.62. The van der Waals surface area contributed by atoms with Crippen LogP contribution in [0.15, 0.2) is 11.6 Å². The number of carbonyl (C=O) groups excluding carboxylic acids is 2. The minimum atomic E-state index is -1.00. The number of carbonyl (C=O) groups is 3. The van der Waals surface area contributed by atoms with Crippen molar-refractivity contribution in [3.63, 3.8) is 0 Å². The summed E-state index contributed by atoms with van der Waals surface area (Å²) in [5, 5.41) is 12.2. The van der Waals surface area contributed by atoms with Crippen LogP contribution in [0.1, 0.15) is 60.8 Å². The Labute approximate surface area is 175 Å². The van der Waals surface area contributed by atoms with Gasteiger partial charge in [0.1, 0.15) is 6.04 Å². The number of hydrogen-bond acceptors (Lipinski definition) is 4. The first-order chi connectivity index (χ1) is 13.3. The van der Waals surface area contributed by atoms with Gasteiger partial charge in [0.05, 0.1) is 12.1 Å². The van der Waals surface area contributed by atoms with Crippen LogP contribution < -0.4 is 5.32 Å². The molecule has 1 heterocycles. The summed E-state index contributed by atoms with van der Waals surface area (Å²) < 4.78 is 0. The van der Waals surface area contributed by atoms with Crippen LogP contribution in [0.2, 0.25) is 0 Å². The number of piperidine rings is 1. The van der Waals surface area contributed by atoms with Crippen LogP contribution in [-0.2, 0) is 14.4 Å². The summed E-state index contributed by atoms with van der Waals surface area (Å²) in [6.07, 6.45) is 4.49. The van der Waals surface area contributed by atoms with Crippen molar-refractivity contribution in [2.24, 2.45) is 11.3 Å². The molecule has 1 aliphatic heterocycles. The third kappa shape index (κ3) is 6.84. The smallest absolute Gasteiger partial charge is 0.331 e. The molecular formula is C22H39N3O4. The van der Waals surface area contributed by atoms with E-state index in [1.54, 1.807) is 18.0 Å². The lowest BCUT2D eigenvalue weighted by Gasteiger charge is -2.39. The molecular weight excluding hydrogens is 370 g/mol. The Morgan fingerprint density at radius 2 is 1.79 bits per heavy atom. The molecule has 0 spiro atoms. The molecule has 0 aliphatic carbocycles. The van der Waals surface area contributed by atoms with Crippen molar-refractivity contribution in [3.8, 4) is 0 Å². The van der Waals surface area contributed by atoms with Crippen LogP contribution in [0.3, 0.4) is 0 Å². The quantitative estimate of drug-likeness (QED) is 0.631. The number of carboxylic acids is 1. The molecule has 1 aliphatic rings. The van der Waals surface area contributed by atoms with Gasteiger partial charge in [-0.1, -0.05) is 47.1 Å². The van der Waals surface area contributed by atoms with E-state index in [4.69, 9.17) is 0 Å². The molecule has 3 atom stereocenters. The van der Waals surface area contributed by atoms with Gasteiger partial charge in [0.15, 0.2) is 0 Å². The van der Waals surface area contributed by atoms with Gasteiger partial charge in [-0.3, -0.25) is 14.5 Å². The van der Waals surface area contributed by atoms with E-state index in [1.165, 1.54) is 6.92 Å². The summed E-state index contributed by atoms with van der Waals surface area (Å²) in [6.45, 7) is 12.1. The van der Waals surface area contributed by atoms with E-state index in [1.807, 2.05) is 46.6 Å². The van der Waals surface area contributed by atoms with E-state index in [0.717, 1.165) is 25.8 Å². The predicted molar refractivity (Wildman–Crippen MR) is 114 cm³/mol. The number of rotatable bonds is 7. The molecule has 0 saturated carbocycles. The summed E-state index contributed by atoms with van der Waals surface area (Å²) in [5.41, 5.74) is -0.287. The van der Waals surface area contributed by atoms with E-state index in [-0.39, 0.29) is 35.4 Å². The van der Waals surface area contributed by atoms with Gasteiger partial charge in [-0.2, -0.15) is 0 Å². The van der Waals surface area contributed by atoms with Gasteiger partial charge in [-0.05, 0) is 44.7 Å². The average Bonchev–Trinajstić information content (AvgIpc) is 2.61. The van der Waals surface area contributed by atoms with Crippen LogP contribution in [0.25, 0.3) is 0 Å². The molecule has 166 valence electrons. The van der Waals surface area contributed by atoms with E-state index >= 15 is 0 Å². The monoisotopic (exact) mass is 409 g/mol. The highest BCUT2D eigenvalue weighted by Crippen LogP contribution is 2.25. The van der Waals surface area contributed by atoms with Gasteiger partial charge in [-0.15, -0.1) is 0 Å². The fourth-order valence-electron chi connectivity index (χ4n) is 3.72. The Morgan fingerprint density at radius 1 is 1.21 bits per heavy atom. The fourth-order valence-corrected chi connectivity index (χ4v) is 3.72. The zero-order chi connectivity index (χ0) is 22.5. The Bertz CT molecular complexity index is 636. The molecule has 7 heteroatoms. The van der Waals surface area contributed by atoms with E-state index in [2.05, 4.69) is 5.32 Å². The van der Waals surface area contributed by atoms with Crippen molar-refractivity contribution in [1.29, 1.82) is 0 Å². The SMILES string of the molecule is C/C(=C\[C@@H](C(C)C)N(C)C(=O)[C@H](NC(=O)C1CCCCN1C)C(C)(C)C)C(=O)O. The first kappa shape index (κ1) is 25.1. The standard InChI is InChI=1S/C22H39N3O4/c1-14(2)17(13-15(3)21(28)29)25(8)20(27)18(22(4,5)6)23-19(26)16-11-9-10-12-24(16)7/h13-14,16-18H,9-12H2,1-8H3,(H,23,26)(H,28,29)/b15-13+/t16?,17-,18-/m0/s1. The average molecular weight is 410 g/mol. The van der Waals surface area contributed by atoms with Gasteiger partial charge in [0.25, 0.3) is 0 Å². The van der Waals surface area contributed by atoms with Gasteiger partial charge in [-0.25, -0.2) is 4.79 Å². The first-order valence-electron chi connectivity index (χ1n) is 10.5. The van der Waals surface area contributed by atoms with Crippen LogP contribution in [0.5, 0.6) is 0 Å². The van der Waals surface area contributed by atoms with E-state index in [0.29, 0.717) is 0 Å². The fraction of sp³-hybridized carbons (Fsp3) is 0.773. The maximum absolute atomic E-state index is 13.4. The predicted octanol–water partition coefficient (Wildman–Crippen LogP) is 2.52. The zero-order valence-corrected chi connectivity index (χ0v) is 19.3. The third-order valence-electron chi connectivity index (χ3n) is 5.71. The highest BCUT2D eigenvalue weighted by molar-refractivity contribution is 5.91. The maximum Gasteiger partial charge on any atom is 0.331 e. The molecule has 0 radical (unpaired) electrons. The summed E-state index contributed by atoms with van der Waals surface area (Å²) in [6, 6.07) is -1.30. The number of likely N-dealkylation sites (N-methyl/N-ethyl adjacent to an activating group) is 2. The lowest BCUT2D eigenvalue weighted by atomic mass is 9.84. The van der Waals surface area contributed by atoms with E-state index < -0.39 is 17.4 Å². The van der Waals surface area contributed by atoms with Crippen molar-refractivity contribution >= 4 is 17.8 Å². The highest BCUT2D eigenvalue weighted by atomic mass is 16.4. The number of hydrogen-bond donors (Lipinski definition) is 2. The zero-order valence-electron chi connectivity index (χ0n) is 19.3. The number of aliphatic carboxylic acids is 1. The molecule has 0 aromatic carbocycles. The molecule has 0 aromatic heterocycles. The van der Waals surface area contributed by atoms with Crippen molar-refractivity contribution in [2.45, 2.75) is 78.9 Å². The van der Waals surface area contributed by atoms with Gasteiger partial charge in [0.2, 0.25) is 11.8 Å². The number of nitrogens with one attached hydrogen (secondary N) is 1. The Balaban J connectivity index is 3.10. The Hall–Kier alpha value is -1.89. The number of carboxylic acid groups (broad SMARTS) is 1. The minimum Gasteiger partial charge on any atom is -0.478 e. The Morgan fingerprint density at radius 3 is 2.24 bits per heavy atom. The molecule has 1 saturated heterocycles. The van der Waals surface area contributed by atoms with Crippen molar-refractivity contribution in [2.75, 3.05) is 20.6 Å². The molecule has 1 unspecified atom stereocenters. The maximum atomic E-state index is 13.4. The molecule has 0 aromatic rings. The van der Waals surface area contributed by atoms with Crippen LogP contribution in [0, 0.1) is 11.3 Å². The lowest BCUT2D eigenvalue weighted by Crippen LogP contribution is -2.59. The lowest BCUT2D eigenvalue weighted by molar-refractivity contribution is -0.141. The molecule has 1 fully saturated rings. The van der Waals surface area contributed by atoms with Crippen molar-refractivity contribution in [3.05, 3.63) is 11.6 Å². The number of amides is 2. The van der Waals surface area contributed by atoms with E-state index in [9.17, 15) is 19.5 Å². The van der Waals surface area contributed by atoms with Crippen molar-refractivity contribution in [1.82, 2.24) is 15.1 Å². The van der Waals surface area contributed by atoms with Gasteiger partial charge >= 0.3 is 5.97 Å². The Kier molecular flexibility index (Phi) is 8.87. The summed E-state index contributed by atoms with van der Waals surface area (Å²) >= 11 is 0. The van der Waals surface area contributed by atoms with Crippen LogP contribution in [-0.4, -0.2) is 71.5 Å².